The van der Waals surface area contributed by atoms with Gasteiger partial charge in [-0.25, -0.2) is 4.79 Å². The van der Waals surface area contributed by atoms with E-state index in [4.69, 9.17) is 18.9 Å². The minimum absolute atomic E-state index is 0. The second-order valence-corrected chi connectivity index (χ2v) is 8.93. The Bertz CT molecular complexity index is 846. The first kappa shape index (κ1) is 34.1. The number of nitrogens with one attached hydrogen (secondary N) is 1. The van der Waals surface area contributed by atoms with Crippen LogP contribution in [0.2, 0.25) is 0 Å². The number of hydrogen-bond donors (Lipinski definition) is 1. The molecule has 10 nitrogen and oxygen atoms in total. The lowest BCUT2D eigenvalue weighted by Gasteiger charge is -2.40. The number of ether oxygens (including phenoxy) is 4. The third kappa shape index (κ3) is 11.0. The van der Waals surface area contributed by atoms with E-state index in [2.05, 4.69) is 10.2 Å². The highest BCUT2D eigenvalue weighted by atomic mass is 35.5. The van der Waals surface area contributed by atoms with Gasteiger partial charge in [0.25, 0.3) is 0 Å². The highest BCUT2D eigenvalue weighted by Crippen LogP contribution is 2.17. The van der Waals surface area contributed by atoms with Gasteiger partial charge in [0, 0.05) is 37.9 Å². The van der Waals surface area contributed by atoms with Crippen molar-refractivity contribution in [1.82, 2.24) is 15.1 Å². The van der Waals surface area contributed by atoms with E-state index in [1.165, 1.54) is 0 Å². The van der Waals surface area contributed by atoms with E-state index in [9.17, 15) is 14.4 Å². The number of esters is 1. The molecule has 2 heterocycles. The predicted molar refractivity (Wildman–Crippen MR) is 148 cm³/mol. The van der Waals surface area contributed by atoms with Crippen LogP contribution in [0.5, 0.6) is 5.75 Å². The second kappa shape index (κ2) is 18.4. The van der Waals surface area contributed by atoms with Crippen LogP contribution in [0.3, 0.4) is 0 Å². The largest absolute Gasteiger partial charge is 0.482 e. The lowest BCUT2D eigenvalue weighted by molar-refractivity contribution is -0.158. The summed E-state index contributed by atoms with van der Waals surface area (Å²) in [5.41, 5.74) is 0.493. The molecule has 0 bridgehead atoms. The summed E-state index contributed by atoms with van der Waals surface area (Å²) in [5.74, 6) is -0.207. The number of amides is 1. The highest BCUT2D eigenvalue weighted by molar-refractivity contribution is 5.99. The number of ketones is 1. The number of benzene rings is 1. The molecular formula is C26H41Cl2N3O7. The average Bonchev–Trinajstić information content (AvgIpc) is 2.90. The van der Waals surface area contributed by atoms with E-state index < -0.39 is 12.1 Å². The zero-order valence-electron chi connectivity index (χ0n) is 22.2. The van der Waals surface area contributed by atoms with Gasteiger partial charge < -0.3 is 29.2 Å². The van der Waals surface area contributed by atoms with E-state index in [-0.39, 0.29) is 62.9 Å². The van der Waals surface area contributed by atoms with Crippen molar-refractivity contribution in [2.45, 2.75) is 38.8 Å². The van der Waals surface area contributed by atoms with Crippen molar-refractivity contribution in [1.29, 1.82) is 0 Å². The van der Waals surface area contributed by atoms with Gasteiger partial charge in [-0.3, -0.25) is 14.5 Å². The summed E-state index contributed by atoms with van der Waals surface area (Å²) in [6, 6.07) is 7.00. The number of piperazine rings is 1. The molecule has 0 aliphatic carbocycles. The average molecular weight is 579 g/mol. The molecule has 1 aromatic carbocycles. The summed E-state index contributed by atoms with van der Waals surface area (Å²) in [5, 5.41) is 3.35. The third-order valence-electron chi connectivity index (χ3n) is 6.35. The summed E-state index contributed by atoms with van der Waals surface area (Å²) in [4.78, 5) is 41.4. The monoisotopic (exact) mass is 577 g/mol. The van der Waals surface area contributed by atoms with Crippen molar-refractivity contribution in [3.05, 3.63) is 29.8 Å². The Balaban J connectivity index is 0.00000361. The summed E-state index contributed by atoms with van der Waals surface area (Å²) in [6.45, 7) is 8.78. The number of nitrogens with zero attached hydrogens (tertiary/aromatic N) is 2. The first-order valence-electron chi connectivity index (χ1n) is 12.8. The number of Topliss-reactive ketones (excluding diaryl/α,β-unsaturated/α-hetero) is 1. The van der Waals surface area contributed by atoms with Gasteiger partial charge in [0.05, 0.1) is 26.3 Å². The lowest BCUT2D eigenvalue weighted by Crippen LogP contribution is -2.56. The molecular weight excluding hydrogens is 537 g/mol. The quantitative estimate of drug-likeness (QED) is 0.262. The Morgan fingerprint density at radius 2 is 1.63 bits per heavy atom. The van der Waals surface area contributed by atoms with E-state index in [1.54, 1.807) is 29.2 Å². The van der Waals surface area contributed by atoms with Crippen LogP contribution in [0.15, 0.2) is 24.3 Å². The van der Waals surface area contributed by atoms with Crippen LogP contribution in [-0.2, 0) is 23.8 Å². The number of carbonyl (C=O) groups is 3. The molecule has 0 unspecified atom stereocenters. The summed E-state index contributed by atoms with van der Waals surface area (Å²) in [6.07, 6.45) is 1.61. The highest BCUT2D eigenvalue weighted by Gasteiger charge is 2.30. The van der Waals surface area contributed by atoms with Crippen LogP contribution in [0.25, 0.3) is 0 Å². The Morgan fingerprint density at radius 3 is 2.21 bits per heavy atom. The van der Waals surface area contributed by atoms with Crippen molar-refractivity contribution in [3.63, 3.8) is 0 Å². The first-order chi connectivity index (χ1) is 17.5. The number of piperidine rings is 1. The lowest BCUT2D eigenvalue weighted by atomic mass is 10.0. The fraction of sp³-hybridized carbons (Fsp3) is 0.654. The van der Waals surface area contributed by atoms with Gasteiger partial charge in [-0.15, -0.1) is 24.8 Å². The van der Waals surface area contributed by atoms with Gasteiger partial charge in [0.15, 0.2) is 12.4 Å². The Morgan fingerprint density at radius 1 is 1.00 bits per heavy atom. The molecule has 3 rings (SSSR count). The minimum atomic E-state index is -0.526. The van der Waals surface area contributed by atoms with Gasteiger partial charge in [-0.2, -0.15) is 0 Å². The van der Waals surface area contributed by atoms with Crippen LogP contribution in [0.4, 0.5) is 0 Å². The van der Waals surface area contributed by atoms with Crippen molar-refractivity contribution < 1.29 is 33.3 Å². The molecule has 2 aliphatic heterocycles. The van der Waals surface area contributed by atoms with Crippen LogP contribution >= 0.6 is 24.8 Å². The molecule has 1 aromatic rings. The maximum absolute atomic E-state index is 12.8. The molecule has 0 aromatic heterocycles. The molecule has 12 heteroatoms. The fourth-order valence-corrected chi connectivity index (χ4v) is 4.36. The first-order valence-corrected chi connectivity index (χ1v) is 12.8. The van der Waals surface area contributed by atoms with Crippen molar-refractivity contribution in [2.24, 2.45) is 0 Å². The molecule has 38 heavy (non-hydrogen) atoms. The minimum Gasteiger partial charge on any atom is -0.482 e. The van der Waals surface area contributed by atoms with E-state index in [0.29, 0.717) is 43.7 Å². The van der Waals surface area contributed by atoms with E-state index >= 15 is 0 Å². The zero-order valence-corrected chi connectivity index (χ0v) is 23.9. The molecule has 2 aliphatic rings. The second-order valence-electron chi connectivity index (χ2n) is 8.93. The Hall–Kier alpha value is -1.95. The van der Waals surface area contributed by atoms with Crippen LogP contribution < -0.4 is 10.1 Å². The fourth-order valence-electron chi connectivity index (χ4n) is 4.36. The molecule has 1 amide bonds. The number of rotatable bonds is 14. The SMILES string of the molecule is CCOCC(COCC)OC(=O)COc1ccc(C(=O)CN2CCN(C3CCNCC3)CC2=O)cc1.Cl.Cl. The standard InChI is InChI=1S/C26H39N3O7.2ClH/c1-3-33-17-23(18-34-4-2)36-26(32)19-35-22-7-5-20(6-8-22)24(30)15-29-14-13-28(16-25(29)31)21-9-11-27-12-10-21;;/h5-8,21,23,27H,3-4,9-19H2,1-2H3;2*1H. The molecule has 0 saturated carbocycles. The molecule has 0 spiro atoms. The molecule has 0 radical (unpaired) electrons. The van der Waals surface area contributed by atoms with Crippen molar-refractivity contribution in [3.8, 4) is 5.75 Å². The normalized spacial score (nSPS) is 16.5. The third-order valence-corrected chi connectivity index (χ3v) is 6.35. The molecule has 216 valence electrons. The molecule has 2 saturated heterocycles. The van der Waals surface area contributed by atoms with Crippen molar-refractivity contribution in [2.75, 3.05) is 72.3 Å². The molecule has 1 N–H and O–H groups in total. The topological polar surface area (TPSA) is 107 Å². The van der Waals surface area contributed by atoms with E-state index in [0.717, 1.165) is 32.5 Å². The summed E-state index contributed by atoms with van der Waals surface area (Å²) in [7, 11) is 0. The molecule has 0 atom stereocenters. The number of hydrogen-bond acceptors (Lipinski definition) is 9. The zero-order chi connectivity index (χ0) is 25.8. The maximum Gasteiger partial charge on any atom is 0.344 e. The Labute approximate surface area is 237 Å². The molecule has 2 fully saturated rings. The predicted octanol–water partition coefficient (Wildman–Crippen LogP) is 1.97. The van der Waals surface area contributed by atoms with Crippen LogP contribution in [0.1, 0.15) is 37.0 Å². The van der Waals surface area contributed by atoms with Crippen molar-refractivity contribution >= 4 is 42.5 Å². The Kier molecular flexibility index (Phi) is 16.5. The van der Waals surface area contributed by atoms with Gasteiger partial charge in [-0.05, 0) is 64.0 Å². The van der Waals surface area contributed by atoms with Gasteiger partial charge in [0.2, 0.25) is 5.91 Å². The smallest absolute Gasteiger partial charge is 0.344 e. The summed E-state index contributed by atoms with van der Waals surface area (Å²) >= 11 is 0. The number of halogens is 2. The maximum atomic E-state index is 12.8. The van der Waals surface area contributed by atoms with Crippen LogP contribution in [-0.4, -0.2) is 112 Å². The van der Waals surface area contributed by atoms with Crippen LogP contribution in [0, 0.1) is 0 Å². The van der Waals surface area contributed by atoms with E-state index in [1.807, 2.05) is 13.8 Å². The summed E-state index contributed by atoms with van der Waals surface area (Å²) < 4.78 is 21.5. The van der Waals surface area contributed by atoms with Gasteiger partial charge in [-0.1, -0.05) is 0 Å². The van der Waals surface area contributed by atoms with Gasteiger partial charge in [0.1, 0.15) is 11.9 Å². The van der Waals surface area contributed by atoms with Gasteiger partial charge >= 0.3 is 5.97 Å². The number of carbonyl (C=O) groups excluding carboxylic acids is 3.